The van der Waals surface area contributed by atoms with Crippen molar-refractivity contribution in [1.82, 2.24) is 10.6 Å². The van der Waals surface area contributed by atoms with Crippen LogP contribution in [-0.4, -0.2) is 37.1 Å². The summed E-state index contributed by atoms with van der Waals surface area (Å²) in [5.74, 6) is 0.938. The molecule has 2 unspecified atom stereocenters. The van der Waals surface area contributed by atoms with Crippen LogP contribution in [0.25, 0.3) is 0 Å². The first-order chi connectivity index (χ1) is 9.81. The van der Waals surface area contributed by atoms with E-state index >= 15 is 0 Å². The van der Waals surface area contributed by atoms with Gasteiger partial charge in [0, 0.05) is 24.9 Å². The number of rotatable bonds is 5. The molecule has 2 rings (SSSR count). The normalized spacial score (nSPS) is 21.7. The van der Waals surface area contributed by atoms with Crippen LogP contribution >= 0.6 is 35.7 Å². The second kappa shape index (κ2) is 10.3. The van der Waals surface area contributed by atoms with Gasteiger partial charge in [-0.1, -0.05) is 30.3 Å². The minimum absolute atomic E-state index is 0. The molecule has 0 aromatic heterocycles. The zero-order valence-electron chi connectivity index (χ0n) is 12.8. The van der Waals surface area contributed by atoms with Gasteiger partial charge < -0.3 is 10.6 Å². The number of nitrogens with zero attached hydrogens (tertiary/aromatic N) is 1. The number of nitrogens with one attached hydrogen (secondary N) is 2. The zero-order valence-corrected chi connectivity index (χ0v) is 16.0. The van der Waals surface area contributed by atoms with Gasteiger partial charge in [-0.2, -0.15) is 11.8 Å². The van der Waals surface area contributed by atoms with Gasteiger partial charge in [-0.05, 0) is 37.5 Å². The van der Waals surface area contributed by atoms with Crippen LogP contribution in [0.2, 0.25) is 0 Å². The molecule has 118 valence electrons. The Morgan fingerprint density at radius 1 is 1.29 bits per heavy atom. The first kappa shape index (κ1) is 18.6. The molecule has 3 nitrogen and oxygen atoms in total. The minimum atomic E-state index is 0. The van der Waals surface area contributed by atoms with Gasteiger partial charge in [-0.25, -0.2) is 0 Å². The quantitative estimate of drug-likeness (QED) is 0.437. The number of hydrogen-bond acceptors (Lipinski definition) is 2. The molecule has 5 heteroatoms. The maximum atomic E-state index is 4.32. The summed E-state index contributed by atoms with van der Waals surface area (Å²) in [6.07, 6.45) is 7.06. The largest absolute Gasteiger partial charge is 0.356 e. The highest BCUT2D eigenvalue weighted by atomic mass is 127. The van der Waals surface area contributed by atoms with E-state index in [-0.39, 0.29) is 24.0 Å². The summed E-state index contributed by atoms with van der Waals surface area (Å²) < 4.78 is 0. The molecule has 0 spiro atoms. The first-order valence-electron chi connectivity index (χ1n) is 7.35. The third-order valence-corrected chi connectivity index (χ3v) is 4.93. The summed E-state index contributed by atoms with van der Waals surface area (Å²) in [5.41, 5.74) is 1.36. The average Bonchev–Trinajstić information content (AvgIpc) is 2.95. The molecule has 0 radical (unpaired) electrons. The van der Waals surface area contributed by atoms with Crippen LogP contribution in [-0.2, 0) is 6.42 Å². The van der Waals surface area contributed by atoms with Gasteiger partial charge in [0.15, 0.2) is 5.96 Å². The number of benzene rings is 1. The van der Waals surface area contributed by atoms with E-state index < -0.39 is 0 Å². The van der Waals surface area contributed by atoms with Crippen LogP contribution < -0.4 is 10.6 Å². The Hall–Kier alpha value is -0.430. The molecule has 0 amide bonds. The van der Waals surface area contributed by atoms with Crippen LogP contribution in [0, 0.1) is 0 Å². The highest BCUT2D eigenvalue weighted by molar-refractivity contribution is 14.0. The van der Waals surface area contributed by atoms with Crippen molar-refractivity contribution in [2.24, 2.45) is 4.99 Å². The van der Waals surface area contributed by atoms with Crippen LogP contribution in [0.4, 0.5) is 0 Å². The van der Waals surface area contributed by atoms with Gasteiger partial charge >= 0.3 is 0 Å². The molecule has 1 aliphatic rings. The highest BCUT2D eigenvalue weighted by Crippen LogP contribution is 2.27. The summed E-state index contributed by atoms with van der Waals surface area (Å²) in [4.78, 5) is 4.32. The number of guanidine groups is 1. The van der Waals surface area contributed by atoms with Crippen molar-refractivity contribution in [2.75, 3.05) is 19.8 Å². The average molecular weight is 419 g/mol. The summed E-state index contributed by atoms with van der Waals surface area (Å²) >= 11 is 1.99. The summed E-state index contributed by atoms with van der Waals surface area (Å²) in [6.45, 7) is 0.919. The number of aliphatic imine (C=N–C) groups is 1. The summed E-state index contributed by atoms with van der Waals surface area (Å²) in [6, 6.07) is 11.1. The maximum absolute atomic E-state index is 4.32. The Morgan fingerprint density at radius 2 is 2.05 bits per heavy atom. The molecule has 0 saturated heterocycles. The molecular weight excluding hydrogens is 393 g/mol. The van der Waals surface area contributed by atoms with E-state index in [0.717, 1.165) is 24.2 Å². The predicted octanol–water partition coefficient (Wildman–Crippen LogP) is 3.30. The maximum Gasteiger partial charge on any atom is 0.191 e. The van der Waals surface area contributed by atoms with E-state index in [1.54, 1.807) is 0 Å². The lowest BCUT2D eigenvalue weighted by atomic mass is 10.1. The van der Waals surface area contributed by atoms with E-state index in [4.69, 9.17) is 0 Å². The molecular formula is C16H26IN3S. The van der Waals surface area contributed by atoms with E-state index in [1.165, 1.54) is 24.8 Å². The lowest BCUT2D eigenvalue weighted by Crippen LogP contribution is -2.43. The van der Waals surface area contributed by atoms with Crippen molar-refractivity contribution in [3.05, 3.63) is 35.9 Å². The topological polar surface area (TPSA) is 36.4 Å². The molecule has 0 aliphatic heterocycles. The van der Waals surface area contributed by atoms with Crippen LogP contribution in [0.5, 0.6) is 0 Å². The Morgan fingerprint density at radius 3 is 2.67 bits per heavy atom. The van der Waals surface area contributed by atoms with E-state index in [1.807, 2.05) is 18.8 Å². The fourth-order valence-electron chi connectivity index (χ4n) is 2.64. The first-order valence-corrected chi connectivity index (χ1v) is 8.64. The van der Waals surface area contributed by atoms with E-state index in [0.29, 0.717) is 6.04 Å². The zero-order chi connectivity index (χ0) is 14.2. The third-order valence-electron chi connectivity index (χ3n) is 3.83. The van der Waals surface area contributed by atoms with Crippen LogP contribution in [0.3, 0.4) is 0 Å². The van der Waals surface area contributed by atoms with Crippen molar-refractivity contribution in [3.8, 4) is 0 Å². The Kier molecular flexibility index (Phi) is 9.15. The Labute approximate surface area is 149 Å². The second-order valence-corrected chi connectivity index (χ2v) is 6.38. The third kappa shape index (κ3) is 6.46. The van der Waals surface area contributed by atoms with Gasteiger partial charge in [0.05, 0.1) is 0 Å². The molecule has 1 aromatic rings. The van der Waals surface area contributed by atoms with Crippen LogP contribution in [0.15, 0.2) is 35.3 Å². The van der Waals surface area contributed by atoms with Gasteiger partial charge in [-0.15, -0.1) is 24.0 Å². The number of halogens is 1. The fourth-order valence-corrected chi connectivity index (χ4v) is 3.44. The van der Waals surface area contributed by atoms with Crippen LogP contribution in [0.1, 0.15) is 24.8 Å². The van der Waals surface area contributed by atoms with Crippen molar-refractivity contribution < 1.29 is 0 Å². The Bertz CT molecular complexity index is 425. The van der Waals surface area contributed by atoms with E-state index in [2.05, 4.69) is 52.2 Å². The summed E-state index contributed by atoms with van der Waals surface area (Å²) in [5, 5.41) is 7.77. The number of hydrogen-bond donors (Lipinski definition) is 2. The summed E-state index contributed by atoms with van der Waals surface area (Å²) in [7, 11) is 1.85. The Balaban J connectivity index is 0.00000220. The molecule has 21 heavy (non-hydrogen) atoms. The molecule has 2 N–H and O–H groups in total. The fraction of sp³-hybridized carbons (Fsp3) is 0.562. The minimum Gasteiger partial charge on any atom is -0.356 e. The van der Waals surface area contributed by atoms with Crippen molar-refractivity contribution in [2.45, 2.75) is 37.0 Å². The highest BCUT2D eigenvalue weighted by Gasteiger charge is 2.24. The molecule has 1 aromatic carbocycles. The molecule has 1 aliphatic carbocycles. The van der Waals surface area contributed by atoms with Gasteiger partial charge in [0.25, 0.3) is 0 Å². The van der Waals surface area contributed by atoms with Crippen molar-refractivity contribution in [3.63, 3.8) is 0 Å². The van der Waals surface area contributed by atoms with Gasteiger partial charge in [0.1, 0.15) is 0 Å². The van der Waals surface area contributed by atoms with Crippen molar-refractivity contribution >= 4 is 41.7 Å². The lowest BCUT2D eigenvalue weighted by Gasteiger charge is -2.17. The predicted molar refractivity (Wildman–Crippen MR) is 105 cm³/mol. The van der Waals surface area contributed by atoms with Gasteiger partial charge in [0.2, 0.25) is 0 Å². The van der Waals surface area contributed by atoms with Crippen molar-refractivity contribution in [1.29, 1.82) is 0 Å². The van der Waals surface area contributed by atoms with Gasteiger partial charge in [-0.3, -0.25) is 4.99 Å². The second-order valence-electron chi connectivity index (χ2n) is 5.25. The molecule has 1 saturated carbocycles. The number of thioether (sulfide) groups is 1. The van der Waals surface area contributed by atoms with E-state index in [9.17, 15) is 0 Å². The lowest BCUT2D eigenvalue weighted by molar-refractivity contribution is 0.614. The molecule has 1 fully saturated rings. The molecule has 0 bridgehead atoms. The standard InChI is InChI=1S/C16H25N3S.HI/c1-17-16(19-14-8-9-15(12-14)20-2)18-11-10-13-6-4-3-5-7-13;/h3-7,14-15H,8-12H2,1-2H3,(H2,17,18,19);1H. The smallest absolute Gasteiger partial charge is 0.191 e. The molecule has 0 heterocycles. The monoisotopic (exact) mass is 419 g/mol. The molecule has 2 atom stereocenters. The SMILES string of the molecule is CN=C(NCCc1ccccc1)NC1CCC(SC)C1.I.